The van der Waals surface area contributed by atoms with E-state index < -0.39 is 21.9 Å². The van der Waals surface area contributed by atoms with Crippen molar-refractivity contribution in [2.45, 2.75) is 38.5 Å². The van der Waals surface area contributed by atoms with Gasteiger partial charge < -0.3 is 10.1 Å². The molecule has 30 heavy (non-hydrogen) atoms. The van der Waals surface area contributed by atoms with Crippen LogP contribution in [-0.4, -0.2) is 44.3 Å². The van der Waals surface area contributed by atoms with Crippen molar-refractivity contribution >= 4 is 27.6 Å². The average Bonchev–Trinajstić information content (AvgIpc) is 2.72. The predicted molar refractivity (Wildman–Crippen MR) is 116 cm³/mol. The van der Waals surface area contributed by atoms with Crippen molar-refractivity contribution in [1.29, 1.82) is 0 Å². The molecular weight excluding hydrogens is 404 g/mol. The smallest absolute Gasteiger partial charge is 0.338 e. The zero-order chi connectivity index (χ0) is 22.1. The number of unbranched alkanes of at least 4 members (excludes halogenated alkanes) is 1. The van der Waals surface area contributed by atoms with E-state index in [4.69, 9.17) is 4.74 Å². The number of anilines is 1. The van der Waals surface area contributed by atoms with Crippen molar-refractivity contribution < 1.29 is 22.7 Å². The molecule has 0 bridgehead atoms. The van der Waals surface area contributed by atoms with Gasteiger partial charge in [-0.25, -0.2) is 13.2 Å². The molecule has 0 aliphatic rings. The lowest BCUT2D eigenvalue weighted by atomic mass is 10.2. The number of nitrogens with one attached hydrogen (secondary N) is 1. The number of carbonyl (C=O) groups is 2. The number of esters is 1. The zero-order valence-electron chi connectivity index (χ0n) is 17.6. The van der Waals surface area contributed by atoms with Crippen LogP contribution in [0.3, 0.4) is 0 Å². The number of aryl methyl sites for hydroxylation is 1. The molecule has 2 aromatic rings. The van der Waals surface area contributed by atoms with Crippen LogP contribution in [-0.2, 0) is 19.6 Å². The Kier molecular flexibility index (Phi) is 8.56. The first-order chi connectivity index (χ1) is 14.3. The van der Waals surface area contributed by atoms with E-state index in [-0.39, 0.29) is 18.0 Å². The lowest BCUT2D eigenvalue weighted by molar-refractivity contribution is -0.116. The summed E-state index contributed by atoms with van der Waals surface area (Å²) in [5.41, 5.74) is 1.81. The van der Waals surface area contributed by atoms with Gasteiger partial charge in [-0.3, -0.25) is 4.79 Å². The first-order valence-electron chi connectivity index (χ1n) is 9.91. The minimum Gasteiger partial charge on any atom is -0.462 e. The first-order valence-corrected chi connectivity index (χ1v) is 11.4. The van der Waals surface area contributed by atoms with Crippen LogP contribution in [0.2, 0.25) is 0 Å². The maximum absolute atomic E-state index is 12.8. The van der Waals surface area contributed by atoms with Gasteiger partial charge in [0, 0.05) is 12.2 Å². The van der Waals surface area contributed by atoms with Crippen molar-refractivity contribution in [1.82, 2.24) is 4.31 Å². The number of nitrogens with zero attached hydrogens (tertiary/aromatic N) is 1. The maximum atomic E-state index is 12.8. The van der Waals surface area contributed by atoms with Crippen LogP contribution < -0.4 is 5.32 Å². The average molecular weight is 433 g/mol. The largest absolute Gasteiger partial charge is 0.462 e. The number of rotatable bonds is 10. The molecule has 0 saturated heterocycles. The van der Waals surface area contributed by atoms with Gasteiger partial charge in [0.15, 0.2) is 0 Å². The van der Waals surface area contributed by atoms with Crippen LogP contribution in [0.1, 0.15) is 42.6 Å². The van der Waals surface area contributed by atoms with Gasteiger partial charge in [-0.2, -0.15) is 4.31 Å². The summed E-state index contributed by atoms with van der Waals surface area (Å²) in [6.07, 6.45) is 1.74. The molecule has 0 aliphatic carbocycles. The third-order valence-electron chi connectivity index (χ3n) is 4.47. The topological polar surface area (TPSA) is 92.8 Å². The lowest BCUT2D eigenvalue weighted by Gasteiger charge is -2.20. The highest BCUT2D eigenvalue weighted by molar-refractivity contribution is 7.89. The molecule has 0 spiro atoms. The Morgan fingerprint density at radius 2 is 1.63 bits per heavy atom. The maximum Gasteiger partial charge on any atom is 0.338 e. The van der Waals surface area contributed by atoms with Crippen LogP contribution in [0, 0.1) is 6.92 Å². The Balaban J connectivity index is 1.99. The fourth-order valence-corrected chi connectivity index (χ4v) is 4.07. The van der Waals surface area contributed by atoms with Gasteiger partial charge in [0.1, 0.15) is 0 Å². The summed E-state index contributed by atoms with van der Waals surface area (Å²) in [5, 5.41) is 2.66. The Morgan fingerprint density at radius 1 is 1.00 bits per heavy atom. The Morgan fingerprint density at radius 3 is 2.20 bits per heavy atom. The van der Waals surface area contributed by atoms with E-state index in [9.17, 15) is 18.0 Å². The molecule has 2 aromatic carbocycles. The summed E-state index contributed by atoms with van der Waals surface area (Å²) in [7, 11) is -3.77. The number of carbonyl (C=O) groups excluding carboxylic acids is 2. The molecule has 0 aromatic heterocycles. The standard InChI is InChI=1S/C22H28N2O5S/c1-4-6-15-29-22(26)18-9-11-19(12-10-18)23-21(25)16-24(5-2)30(27,28)20-13-7-17(3)8-14-20/h7-14H,4-6,15-16H2,1-3H3,(H,23,25). The number of hydrogen-bond acceptors (Lipinski definition) is 5. The van der Waals surface area contributed by atoms with Crippen molar-refractivity contribution in [3.8, 4) is 0 Å². The predicted octanol–water partition coefficient (Wildman–Crippen LogP) is 3.60. The molecule has 1 amide bonds. The summed E-state index contributed by atoms with van der Waals surface area (Å²) < 4.78 is 31.8. The molecule has 7 nitrogen and oxygen atoms in total. The van der Waals surface area contributed by atoms with Crippen molar-refractivity contribution in [2.75, 3.05) is 25.0 Å². The second-order valence-electron chi connectivity index (χ2n) is 6.86. The van der Waals surface area contributed by atoms with Crippen LogP contribution in [0.25, 0.3) is 0 Å². The molecule has 0 atom stereocenters. The number of benzene rings is 2. The second-order valence-corrected chi connectivity index (χ2v) is 8.80. The molecule has 2 rings (SSSR count). The normalized spacial score (nSPS) is 11.3. The van der Waals surface area contributed by atoms with Crippen molar-refractivity contribution in [3.05, 3.63) is 59.7 Å². The fourth-order valence-electron chi connectivity index (χ4n) is 2.67. The number of likely N-dealkylation sites (N-methyl/N-ethyl adjacent to an activating group) is 1. The number of sulfonamides is 1. The van der Waals surface area contributed by atoms with Gasteiger partial charge in [-0.05, 0) is 49.7 Å². The minimum atomic E-state index is -3.77. The molecule has 0 saturated carbocycles. The highest BCUT2D eigenvalue weighted by Crippen LogP contribution is 2.17. The molecule has 1 N–H and O–H groups in total. The molecular formula is C22H28N2O5S. The third-order valence-corrected chi connectivity index (χ3v) is 6.40. The highest BCUT2D eigenvalue weighted by Gasteiger charge is 2.25. The molecule has 162 valence electrons. The van der Waals surface area contributed by atoms with Crippen LogP contribution in [0.5, 0.6) is 0 Å². The van der Waals surface area contributed by atoms with E-state index in [0.29, 0.717) is 17.9 Å². The number of ether oxygens (including phenoxy) is 1. The van der Waals surface area contributed by atoms with Crippen LogP contribution in [0.15, 0.2) is 53.4 Å². The van der Waals surface area contributed by atoms with Gasteiger partial charge in [0.2, 0.25) is 15.9 Å². The van der Waals surface area contributed by atoms with Crippen LogP contribution >= 0.6 is 0 Å². The molecule has 0 fully saturated rings. The second kappa shape index (κ2) is 10.9. The van der Waals surface area contributed by atoms with Gasteiger partial charge in [0.25, 0.3) is 0 Å². The molecule has 0 unspecified atom stereocenters. The van der Waals surface area contributed by atoms with E-state index in [1.54, 1.807) is 43.3 Å². The zero-order valence-corrected chi connectivity index (χ0v) is 18.4. The number of hydrogen-bond donors (Lipinski definition) is 1. The quantitative estimate of drug-likeness (QED) is 0.457. The van der Waals surface area contributed by atoms with Crippen molar-refractivity contribution in [2.24, 2.45) is 0 Å². The van der Waals surface area contributed by atoms with E-state index in [1.807, 2.05) is 13.8 Å². The van der Waals surface area contributed by atoms with Crippen molar-refractivity contribution in [3.63, 3.8) is 0 Å². The van der Waals surface area contributed by atoms with E-state index in [1.165, 1.54) is 12.1 Å². The Bertz CT molecular complexity index is 954. The van der Waals surface area contributed by atoms with Crippen LogP contribution in [0.4, 0.5) is 5.69 Å². The van der Waals surface area contributed by atoms with E-state index in [0.717, 1.165) is 22.7 Å². The fraction of sp³-hybridized carbons (Fsp3) is 0.364. The Hall–Kier alpha value is -2.71. The highest BCUT2D eigenvalue weighted by atomic mass is 32.2. The minimum absolute atomic E-state index is 0.147. The molecule has 0 radical (unpaired) electrons. The molecule has 8 heteroatoms. The summed E-state index contributed by atoms with van der Waals surface area (Å²) >= 11 is 0. The van der Waals surface area contributed by atoms with Gasteiger partial charge in [-0.1, -0.05) is 38.0 Å². The lowest BCUT2D eigenvalue weighted by Crippen LogP contribution is -2.37. The van der Waals surface area contributed by atoms with Gasteiger partial charge in [-0.15, -0.1) is 0 Å². The van der Waals surface area contributed by atoms with E-state index in [2.05, 4.69) is 5.32 Å². The van der Waals surface area contributed by atoms with E-state index >= 15 is 0 Å². The first kappa shape index (κ1) is 23.6. The summed E-state index contributed by atoms with van der Waals surface area (Å²) in [5.74, 6) is -0.881. The summed E-state index contributed by atoms with van der Waals surface area (Å²) in [6.45, 7) is 5.78. The van der Waals surface area contributed by atoms with Gasteiger partial charge in [0.05, 0.1) is 23.6 Å². The summed E-state index contributed by atoms with van der Waals surface area (Å²) in [6, 6.07) is 12.8. The third kappa shape index (κ3) is 6.40. The Labute approximate surface area is 178 Å². The monoisotopic (exact) mass is 432 g/mol. The summed E-state index contributed by atoms with van der Waals surface area (Å²) in [4.78, 5) is 24.5. The SMILES string of the molecule is CCCCOC(=O)c1ccc(NC(=O)CN(CC)S(=O)(=O)c2ccc(C)cc2)cc1. The number of amides is 1. The molecule has 0 heterocycles. The van der Waals surface area contributed by atoms with Gasteiger partial charge >= 0.3 is 5.97 Å². The molecule has 0 aliphatic heterocycles.